The zero-order valence-corrected chi connectivity index (χ0v) is 8.33. The zero-order valence-electron chi connectivity index (χ0n) is 7.57. The average molecular weight is 197 g/mol. The van der Waals surface area contributed by atoms with Gasteiger partial charge in [0.15, 0.2) is 0 Å². The summed E-state index contributed by atoms with van der Waals surface area (Å²) in [4.78, 5) is 4.05. The summed E-state index contributed by atoms with van der Waals surface area (Å²) in [6.07, 6.45) is 5.51. The minimum absolute atomic E-state index is 0.307. The molecule has 1 rings (SSSR count). The fraction of sp³-hybridized carbons (Fsp3) is 0.300. The first kappa shape index (κ1) is 10.2. The maximum absolute atomic E-state index is 5.40. The maximum atomic E-state index is 5.40. The second kappa shape index (κ2) is 5.73. The smallest absolute Gasteiger partial charge is 0.0315 e. The Kier molecular flexibility index (Phi) is 4.50. The molecule has 0 aromatic carbocycles. The lowest BCUT2D eigenvalue weighted by atomic mass is 10.1. The van der Waals surface area contributed by atoms with Crippen LogP contribution in [0, 0.1) is 0 Å². The van der Waals surface area contributed by atoms with Gasteiger partial charge < -0.3 is 5.32 Å². The van der Waals surface area contributed by atoms with Crippen molar-refractivity contribution in [1.29, 1.82) is 0 Å². The molecule has 70 valence electrons. The summed E-state index contributed by atoms with van der Waals surface area (Å²) in [5.41, 5.74) is 2.70. The van der Waals surface area contributed by atoms with Gasteiger partial charge in [0.1, 0.15) is 0 Å². The molecule has 1 aromatic rings. The molecule has 0 bridgehead atoms. The minimum Gasteiger partial charge on any atom is -0.307 e. The summed E-state index contributed by atoms with van der Waals surface area (Å²) in [5.74, 6) is 0. The second-order valence-corrected chi connectivity index (χ2v) is 3.03. The molecule has 13 heavy (non-hydrogen) atoms. The highest BCUT2D eigenvalue weighted by Crippen LogP contribution is 2.08. The van der Waals surface area contributed by atoms with Gasteiger partial charge in [-0.25, -0.2) is 0 Å². The van der Waals surface area contributed by atoms with Crippen LogP contribution in [0.2, 0.25) is 0 Å². The normalized spacial score (nSPS) is 13.4. The van der Waals surface area contributed by atoms with Crippen LogP contribution in [0.4, 0.5) is 0 Å². The predicted octanol–water partition coefficient (Wildman–Crippen LogP) is 2.48. The van der Waals surface area contributed by atoms with Crippen LogP contribution >= 0.6 is 11.6 Å². The molecule has 0 radical (unpaired) electrons. The molecular formula is C10H13ClN2. The third-order valence-electron chi connectivity index (χ3n) is 1.82. The van der Waals surface area contributed by atoms with Crippen LogP contribution in [0.5, 0.6) is 0 Å². The molecule has 3 heteroatoms. The Balaban J connectivity index is 2.44. The predicted molar refractivity (Wildman–Crippen MR) is 55.6 cm³/mol. The van der Waals surface area contributed by atoms with Crippen LogP contribution in [0.3, 0.4) is 0 Å². The highest BCUT2D eigenvalue weighted by Gasteiger charge is 2.01. The molecule has 2 nitrogen and oxygen atoms in total. The third kappa shape index (κ3) is 3.57. The highest BCUT2D eigenvalue weighted by molar-refractivity contribution is 6.25. The number of rotatable bonds is 4. The second-order valence-electron chi connectivity index (χ2n) is 2.78. The number of nitrogens with zero attached hydrogens (tertiary/aromatic N) is 1. The highest BCUT2D eigenvalue weighted by atomic mass is 35.5. The number of hydrogen-bond acceptors (Lipinski definition) is 2. The summed E-state index contributed by atoms with van der Waals surface area (Å²) in [6.45, 7) is 2.87. The van der Waals surface area contributed by atoms with E-state index >= 15 is 0 Å². The van der Waals surface area contributed by atoms with Crippen LogP contribution in [-0.4, -0.2) is 11.5 Å². The van der Waals surface area contributed by atoms with E-state index < -0.39 is 0 Å². The molecule has 0 saturated carbocycles. The summed E-state index contributed by atoms with van der Waals surface area (Å²) in [7, 11) is 0. The van der Waals surface area contributed by atoms with Crippen LogP contribution in [-0.2, 0) is 0 Å². The lowest BCUT2D eigenvalue weighted by Gasteiger charge is -2.11. The topological polar surface area (TPSA) is 24.9 Å². The van der Waals surface area contributed by atoms with Crippen LogP contribution < -0.4 is 5.32 Å². The molecule has 1 atom stereocenters. The first-order chi connectivity index (χ1) is 6.34. The molecular weight excluding hydrogens is 184 g/mol. The Bertz CT molecular complexity index is 259. The number of aromatic nitrogens is 1. The van der Waals surface area contributed by atoms with E-state index in [2.05, 4.69) is 23.3 Å². The molecule has 0 spiro atoms. The maximum Gasteiger partial charge on any atom is 0.0315 e. The van der Waals surface area contributed by atoms with Gasteiger partial charge in [0.2, 0.25) is 0 Å². The minimum atomic E-state index is 0.307. The number of halogens is 1. The van der Waals surface area contributed by atoms with Crippen LogP contribution in [0.1, 0.15) is 18.5 Å². The number of hydrogen-bond donors (Lipinski definition) is 1. The molecule has 0 fully saturated rings. The Morgan fingerprint density at radius 1 is 1.69 bits per heavy atom. The van der Waals surface area contributed by atoms with Crippen molar-refractivity contribution in [3.05, 3.63) is 41.7 Å². The van der Waals surface area contributed by atoms with Crippen molar-refractivity contribution < 1.29 is 0 Å². The Morgan fingerprint density at radius 3 is 3.15 bits per heavy atom. The monoisotopic (exact) mass is 196 g/mol. The Morgan fingerprint density at radius 2 is 2.54 bits per heavy atom. The molecule has 1 heterocycles. The van der Waals surface area contributed by atoms with Gasteiger partial charge in [-0.3, -0.25) is 4.98 Å². The van der Waals surface area contributed by atoms with E-state index in [1.165, 1.54) is 11.1 Å². The fourth-order valence-electron chi connectivity index (χ4n) is 1.04. The van der Waals surface area contributed by atoms with Crippen LogP contribution in [0.15, 0.2) is 36.1 Å². The van der Waals surface area contributed by atoms with Gasteiger partial charge in [-0.15, -0.1) is 0 Å². The van der Waals surface area contributed by atoms with Gasteiger partial charge in [-0.05, 0) is 18.6 Å². The Hall–Kier alpha value is -0.860. The fourth-order valence-corrected chi connectivity index (χ4v) is 1.13. The molecule has 1 N–H and O–H groups in total. The van der Waals surface area contributed by atoms with Crippen molar-refractivity contribution in [1.82, 2.24) is 10.3 Å². The summed E-state index contributed by atoms with van der Waals surface area (Å²) >= 11 is 5.40. The average Bonchev–Trinajstić information content (AvgIpc) is 2.19. The number of nitrogens with one attached hydrogen (secondary N) is 1. The van der Waals surface area contributed by atoms with Gasteiger partial charge in [0.05, 0.1) is 0 Å². The van der Waals surface area contributed by atoms with Gasteiger partial charge in [0, 0.05) is 30.5 Å². The van der Waals surface area contributed by atoms with Crippen LogP contribution in [0.25, 0.3) is 0 Å². The third-order valence-corrected chi connectivity index (χ3v) is 1.99. The molecule has 0 aliphatic rings. The quantitative estimate of drug-likeness (QED) is 0.801. The van der Waals surface area contributed by atoms with Crippen molar-refractivity contribution in [3.8, 4) is 0 Å². The lowest BCUT2D eigenvalue weighted by molar-refractivity contribution is 0.615. The van der Waals surface area contributed by atoms with Gasteiger partial charge in [0.25, 0.3) is 0 Å². The molecule has 0 saturated heterocycles. The van der Waals surface area contributed by atoms with Gasteiger partial charge >= 0.3 is 0 Å². The van der Waals surface area contributed by atoms with E-state index in [4.69, 9.17) is 11.6 Å². The molecule has 0 aliphatic heterocycles. The SMILES string of the molecule is CC(NC/C=C/Cl)c1cccnc1. The van der Waals surface area contributed by atoms with Crippen molar-refractivity contribution in [2.24, 2.45) is 0 Å². The number of pyridine rings is 1. The zero-order chi connectivity index (χ0) is 9.52. The molecule has 0 amide bonds. The van der Waals surface area contributed by atoms with E-state index in [9.17, 15) is 0 Å². The summed E-state index contributed by atoms with van der Waals surface area (Å²) < 4.78 is 0. The van der Waals surface area contributed by atoms with E-state index in [1.54, 1.807) is 6.20 Å². The van der Waals surface area contributed by atoms with E-state index in [-0.39, 0.29) is 0 Å². The molecule has 1 unspecified atom stereocenters. The van der Waals surface area contributed by atoms with Crippen molar-refractivity contribution in [2.45, 2.75) is 13.0 Å². The van der Waals surface area contributed by atoms with Gasteiger partial charge in [-0.1, -0.05) is 23.7 Å². The Labute approximate surface area is 83.6 Å². The van der Waals surface area contributed by atoms with Crippen molar-refractivity contribution in [3.63, 3.8) is 0 Å². The van der Waals surface area contributed by atoms with E-state index in [0.29, 0.717) is 6.04 Å². The first-order valence-corrected chi connectivity index (χ1v) is 4.66. The van der Waals surface area contributed by atoms with Gasteiger partial charge in [-0.2, -0.15) is 0 Å². The summed E-state index contributed by atoms with van der Waals surface area (Å²) in [6, 6.07) is 4.29. The first-order valence-electron chi connectivity index (χ1n) is 4.23. The van der Waals surface area contributed by atoms with E-state index in [1.807, 2.05) is 18.3 Å². The lowest BCUT2D eigenvalue weighted by Crippen LogP contribution is -2.18. The van der Waals surface area contributed by atoms with Crippen molar-refractivity contribution in [2.75, 3.05) is 6.54 Å². The van der Waals surface area contributed by atoms with Crippen molar-refractivity contribution >= 4 is 11.6 Å². The van der Waals surface area contributed by atoms with E-state index in [0.717, 1.165) is 6.54 Å². The molecule has 0 aliphatic carbocycles. The standard InChI is InChI=1S/C10H13ClN2/c1-9(13-7-3-5-11)10-4-2-6-12-8-10/h2-6,8-9,13H,7H2,1H3/b5-3+. The summed E-state index contributed by atoms with van der Waals surface area (Å²) in [5, 5.41) is 3.29. The largest absolute Gasteiger partial charge is 0.307 e. The molecule has 1 aromatic heterocycles.